The molecule has 2 rings (SSSR count). The molecular weight excluding hydrogens is 227 g/mol. The van der Waals surface area contributed by atoms with Gasteiger partial charge < -0.3 is 5.73 Å². The Labute approximate surface area is 109 Å². The fourth-order valence-electron chi connectivity index (χ4n) is 2.87. The predicted octanol–water partition coefficient (Wildman–Crippen LogP) is 3.05. The van der Waals surface area contributed by atoms with Crippen LogP contribution in [0.25, 0.3) is 0 Å². The van der Waals surface area contributed by atoms with Gasteiger partial charge in [-0.25, -0.2) is 4.39 Å². The second kappa shape index (κ2) is 6.30. The summed E-state index contributed by atoms with van der Waals surface area (Å²) in [4.78, 5) is 2.36. The Morgan fingerprint density at radius 3 is 2.50 bits per heavy atom. The summed E-state index contributed by atoms with van der Waals surface area (Å²) in [6.45, 7) is 1.22. The molecule has 100 valence electrons. The highest BCUT2D eigenvalue weighted by atomic mass is 19.1. The lowest BCUT2D eigenvalue weighted by molar-refractivity contribution is 0.184. The Kier molecular flexibility index (Phi) is 4.72. The quantitative estimate of drug-likeness (QED) is 0.890. The molecule has 0 radical (unpaired) electrons. The topological polar surface area (TPSA) is 29.3 Å². The smallest absolute Gasteiger partial charge is 0.123 e. The minimum absolute atomic E-state index is 0.176. The van der Waals surface area contributed by atoms with Gasteiger partial charge in [-0.3, -0.25) is 4.90 Å². The monoisotopic (exact) mass is 250 g/mol. The van der Waals surface area contributed by atoms with Crippen LogP contribution in [0.2, 0.25) is 0 Å². The van der Waals surface area contributed by atoms with E-state index in [2.05, 4.69) is 11.9 Å². The number of rotatable bonds is 4. The van der Waals surface area contributed by atoms with Crippen LogP contribution in [-0.2, 0) is 13.1 Å². The molecular formula is C15H23FN2. The lowest BCUT2D eigenvalue weighted by Gasteiger charge is -2.31. The van der Waals surface area contributed by atoms with E-state index in [0.29, 0.717) is 12.6 Å². The molecule has 3 heteroatoms. The summed E-state index contributed by atoms with van der Waals surface area (Å²) in [5.41, 5.74) is 7.49. The Hall–Kier alpha value is -0.930. The average Bonchev–Trinajstić information content (AvgIpc) is 2.39. The molecule has 0 aromatic heterocycles. The standard InChI is InChI=1S/C15H23FN2/c1-18(15-5-3-2-4-6-15)11-13-7-12(10-17)8-14(16)9-13/h7-9,15H,2-6,10-11,17H2,1H3. The van der Waals surface area contributed by atoms with Gasteiger partial charge in [0.25, 0.3) is 0 Å². The van der Waals surface area contributed by atoms with Crippen LogP contribution in [0.1, 0.15) is 43.2 Å². The number of hydrogen-bond donors (Lipinski definition) is 1. The normalized spacial score (nSPS) is 17.3. The van der Waals surface area contributed by atoms with Gasteiger partial charge in [0.1, 0.15) is 5.82 Å². The van der Waals surface area contributed by atoms with Gasteiger partial charge in [-0.1, -0.05) is 25.3 Å². The summed E-state index contributed by atoms with van der Waals surface area (Å²) in [7, 11) is 2.14. The number of halogens is 1. The first-order chi connectivity index (χ1) is 8.69. The van der Waals surface area contributed by atoms with Crippen molar-refractivity contribution in [3.05, 3.63) is 35.1 Å². The first-order valence-electron chi connectivity index (χ1n) is 6.87. The van der Waals surface area contributed by atoms with Crippen molar-refractivity contribution in [2.75, 3.05) is 7.05 Å². The zero-order chi connectivity index (χ0) is 13.0. The van der Waals surface area contributed by atoms with E-state index >= 15 is 0 Å². The predicted molar refractivity (Wildman–Crippen MR) is 72.6 cm³/mol. The van der Waals surface area contributed by atoms with Gasteiger partial charge in [-0.05, 0) is 43.1 Å². The Morgan fingerprint density at radius 1 is 1.17 bits per heavy atom. The van der Waals surface area contributed by atoms with Crippen molar-refractivity contribution in [3.63, 3.8) is 0 Å². The zero-order valence-corrected chi connectivity index (χ0v) is 11.2. The van der Waals surface area contributed by atoms with Gasteiger partial charge in [0.2, 0.25) is 0 Å². The highest BCUT2D eigenvalue weighted by Gasteiger charge is 2.18. The van der Waals surface area contributed by atoms with E-state index in [0.717, 1.165) is 17.7 Å². The third-order valence-corrected chi connectivity index (χ3v) is 3.88. The molecule has 2 nitrogen and oxygen atoms in total. The molecule has 1 saturated carbocycles. The molecule has 1 fully saturated rings. The van der Waals surface area contributed by atoms with Crippen molar-refractivity contribution in [3.8, 4) is 0 Å². The summed E-state index contributed by atoms with van der Waals surface area (Å²) < 4.78 is 13.4. The van der Waals surface area contributed by atoms with E-state index in [-0.39, 0.29) is 5.82 Å². The van der Waals surface area contributed by atoms with Crippen molar-refractivity contribution >= 4 is 0 Å². The van der Waals surface area contributed by atoms with Crippen LogP contribution >= 0.6 is 0 Å². The Morgan fingerprint density at radius 2 is 1.83 bits per heavy atom. The van der Waals surface area contributed by atoms with Gasteiger partial charge in [-0.15, -0.1) is 0 Å². The van der Waals surface area contributed by atoms with E-state index in [1.165, 1.54) is 38.2 Å². The summed E-state index contributed by atoms with van der Waals surface area (Å²) in [6.07, 6.45) is 6.56. The summed E-state index contributed by atoms with van der Waals surface area (Å²) in [5, 5.41) is 0. The molecule has 1 aromatic rings. The molecule has 2 N–H and O–H groups in total. The van der Waals surface area contributed by atoms with Crippen molar-refractivity contribution in [1.82, 2.24) is 4.90 Å². The number of nitrogens with two attached hydrogens (primary N) is 1. The SMILES string of the molecule is CN(Cc1cc(F)cc(CN)c1)C1CCCCC1. The van der Waals surface area contributed by atoms with E-state index in [1.54, 1.807) is 6.07 Å². The Bertz CT molecular complexity index is 386. The maximum Gasteiger partial charge on any atom is 0.123 e. The van der Waals surface area contributed by atoms with Gasteiger partial charge in [0.15, 0.2) is 0 Å². The third kappa shape index (κ3) is 3.53. The molecule has 0 saturated heterocycles. The molecule has 0 heterocycles. The molecule has 0 spiro atoms. The van der Waals surface area contributed by atoms with E-state index < -0.39 is 0 Å². The minimum atomic E-state index is -0.176. The van der Waals surface area contributed by atoms with E-state index in [9.17, 15) is 4.39 Å². The second-order valence-electron chi connectivity index (χ2n) is 5.38. The first-order valence-corrected chi connectivity index (χ1v) is 6.87. The van der Waals surface area contributed by atoms with Gasteiger partial charge >= 0.3 is 0 Å². The van der Waals surface area contributed by atoms with Crippen LogP contribution in [0.4, 0.5) is 4.39 Å². The highest BCUT2D eigenvalue weighted by Crippen LogP contribution is 2.23. The zero-order valence-electron chi connectivity index (χ0n) is 11.2. The van der Waals surface area contributed by atoms with Crippen LogP contribution in [0.3, 0.4) is 0 Å². The van der Waals surface area contributed by atoms with Gasteiger partial charge in [-0.2, -0.15) is 0 Å². The van der Waals surface area contributed by atoms with Crippen LogP contribution < -0.4 is 5.73 Å². The van der Waals surface area contributed by atoms with Crippen molar-refractivity contribution in [2.45, 2.75) is 51.2 Å². The third-order valence-electron chi connectivity index (χ3n) is 3.88. The lowest BCUT2D eigenvalue weighted by Crippen LogP contribution is -2.32. The van der Waals surface area contributed by atoms with Crippen molar-refractivity contribution in [1.29, 1.82) is 0 Å². The van der Waals surface area contributed by atoms with E-state index in [4.69, 9.17) is 5.73 Å². The molecule has 0 amide bonds. The molecule has 1 aliphatic carbocycles. The molecule has 0 unspecified atom stereocenters. The summed E-state index contributed by atoms with van der Waals surface area (Å²) >= 11 is 0. The van der Waals surface area contributed by atoms with Crippen LogP contribution in [0.5, 0.6) is 0 Å². The molecule has 1 aliphatic rings. The lowest BCUT2D eigenvalue weighted by atomic mass is 9.94. The molecule has 0 aliphatic heterocycles. The fraction of sp³-hybridized carbons (Fsp3) is 0.600. The minimum Gasteiger partial charge on any atom is -0.326 e. The van der Waals surface area contributed by atoms with Crippen molar-refractivity contribution < 1.29 is 4.39 Å². The van der Waals surface area contributed by atoms with Crippen molar-refractivity contribution in [2.24, 2.45) is 5.73 Å². The van der Waals surface area contributed by atoms with Gasteiger partial charge in [0.05, 0.1) is 0 Å². The summed E-state index contributed by atoms with van der Waals surface area (Å²) in [5.74, 6) is -0.176. The van der Waals surface area contributed by atoms with Crippen LogP contribution in [-0.4, -0.2) is 18.0 Å². The second-order valence-corrected chi connectivity index (χ2v) is 5.38. The number of hydrogen-bond acceptors (Lipinski definition) is 2. The van der Waals surface area contributed by atoms with Crippen LogP contribution in [0, 0.1) is 5.82 Å². The maximum absolute atomic E-state index is 13.4. The maximum atomic E-state index is 13.4. The Balaban J connectivity index is 2.01. The average molecular weight is 250 g/mol. The molecule has 0 bridgehead atoms. The molecule has 18 heavy (non-hydrogen) atoms. The fourth-order valence-corrected chi connectivity index (χ4v) is 2.87. The van der Waals surface area contributed by atoms with Gasteiger partial charge in [0, 0.05) is 19.1 Å². The largest absolute Gasteiger partial charge is 0.326 e. The van der Waals surface area contributed by atoms with Crippen LogP contribution in [0.15, 0.2) is 18.2 Å². The summed E-state index contributed by atoms with van der Waals surface area (Å²) in [6, 6.07) is 5.81. The number of benzene rings is 1. The highest BCUT2D eigenvalue weighted by molar-refractivity contribution is 5.24. The molecule has 1 aromatic carbocycles. The molecule has 0 atom stereocenters. The first kappa shape index (κ1) is 13.5. The van der Waals surface area contributed by atoms with E-state index in [1.807, 2.05) is 6.07 Å². The number of nitrogens with zero attached hydrogens (tertiary/aromatic N) is 1.